The lowest BCUT2D eigenvalue weighted by molar-refractivity contribution is 1.49. The van der Waals surface area contributed by atoms with E-state index in [4.69, 9.17) is 5.73 Å². The van der Waals surface area contributed by atoms with Crippen LogP contribution in [0.15, 0.2) is 78.6 Å². The molecule has 2 N–H and O–H groups in total. The highest BCUT2D eigenvalue weighted by atomic mass is 31.1. The van der Waals surface area contributed by atoms with Gasteiger partial charge in [0.2, 0.25) is 0 Å². The zero-order valence-electron chi connectivity index (χ0n) is 14.1. The van der Waals surface area contributed by atoms with Gasteiger partial charge in [-0.25, -0.2) is 0 Å². The van der Waals surface area contributed by atoms with Crippen LogP contribution in [0.4, 0.5) is 5.69 Å². The highest BCUT2D eigenvalue weighted by Crippen LogP contribution is 2.36. The van der Waals surface area contributed by atoms with Gasteiger partial charge in [0.15, 0.2) is 0 Å². The molecule has 24 heavy (non-hydrogen) atoms. The van der Waals surface area contributed by atoms with Gasteiger partial charge in [-0.1, -0.05) is 83.7 Å². The topological polar surface area (TPSA) is 26.0 Å². The fourth-order valence-corrected chi connectivity index (χ4v) is 4.40. The van der Waals surface area contributed by atoms with Crippen LogP contribution in [0.2, 0.25) is 0 Å². The van der Waals surface area contributed by atoms with Crippen molar-refractivity contribution in [2.45, 2.75) is 13.8 Å². The molecule has 0 unspecified atom stereocenters. The smallest absolute Gasteiger partial charge is 0.0314 e. The molecule has 0 aliphatic heterocycles. The van der Waals surface area contributed by atoms with Gasteiger partial charge in [-0.15, -0.1) is 0 Å². The van der Waals surface area contributed by atoms with Gasteiger partial charge in [0.25, 0.3) is 0 Å². The molecule has 0 aromatic heterocycles. The lowest BCUT2D eigenvalue weighted by Crippen LogP contribution is -2.10. The minimum atomic E-state index is -0.519. The summed E-state index contributed by atoms with van der Waals surface area (Å²) in [7, 11) is -0.519. The Kier molecular flexibility index (Phi) is 5.13. The van der Waals surface area contributed by atoms with Gasteiger partial charge in [0.1, 0.15) is 0 Å². The summed E-state index contributed by atoms with van der Waals surface area (Å²) in [4.78, 5) is 0. The van der Waals surface area contributed by atoms with Crippen LogP contribution in [0.3, 0.4) is 0 Å². The molecule has 0 spiro atoms. The minimum absolute atomic E-state index is 0.519. The SMILES string of the molecule is Cc1ccc(P(/C=C\c2ccc(N)cc2)c2ccc(C)cc2)cc1. The third kappa shape index (κ3) is 4.13. The van der Waals surface area contributed by atoms with E-state index < -0.39 is 7.92 Å². The van der Waals surface area contributed by atoms with Gasteiger partial charge in [0, 0.05) is 5.69 Å². The average molecular weight is 331 g/mol. The van der Waals surface area contributed by atoms with Gasteiger partial charge in [-0.3, -0.25) is 0 Å². The zero-order chi connectivity index (χ0) is 16.9. The molecule has 0 heterocycles. The van der Waals surface area contributed by atoms with Crippen LogP contribution in [-0.4, -0.2) is 0 Å². The fourth-order valence-electron chi connectivity index (χ4n) is 2.50. The first kappa shape index (κ1) is 16.5. The summed E-state index contributed by atoms with van der Waals surface area (Å²) in [5.41, 5.74) is 10.3. The summed E-state index contributed by atoms with van der Waals surface area (Å²) in [6.45, 7) is 4.25. The summed E-state index contributed by atoms with van der Waals surface area (Å²) in [6.07, 6.45) is 2.20. The van der Waals surface area contributed by atoms with Crippen molar-refractivity contribution in [3.8, 4) is 0 Å². The predicted molar refractivity (Wildman–Crippen MR) is 108 cm³/mol. The van der Waals surface area contributed by atoms with Crippen LogP contribution in [0.25, 0.3) is 6.08 Å². The number of hydrogen-bond donors (Lipinski definition) is 1. The van der Waals surface area contributed by atoms with Crippen LogP contribution < -0.4 is 16.3 Å². The maximum absolute atomic E-state index is 5.77. The van der Waals surface area contributed by atoms with Crippen LogP contribution in [-0.2, 0) is 0 Å². The molecule has 0 aliphatic carbocycles. The Labute approximate surface area is 145 Å². The van der Waals surface area contributed by atoms with Crippen molar-refractivity contribution >= 4 is 30.3 Å². The highest BCUT2D eigenvalue weighted by Gasteiger charge is 2.10. The molecule has 0 atom stereocenters. The highest BCUT2D eigenvalue weighted by molar-refractivity contribution is 7.75. The Morgan fingerprint density at radius 1 is 0.667 bits per heavy atom. The Balaban J connectivity index is 1.96. The largest absolute Gasteiger partial charge is 0.399 e. The number of aryl methyl sites for hydroxylation is 2. The lowest BCUT2D eigenvalue weighted by atomic mass is 10.2. The van der Waals surface area contributed by atoms with Gasteiger partial charge < -0.3 is 5.73 Å². The quantitative estimate of drug-likeness (QED) is 0.529. The first-order valence-corrected chi connectivity index (χ1v) is 9.49. The second-order valence-electron chi connectivity index (χ2n) is 6.02. The molecule has 3 aromatic rings. The van der Waals surface area contributed by atoms with E-state index in [0.717, 1.165) is 5.69 Å². The number of anilines is 1. The first-order valence-electron chi connectivity index (χ1n) is 8.08. The number of benzene rings is 3. The van der Waals surface area contributed by atoms with Crippen molar-refractivity contribution in [3.63, 3.8) is 0 Å². The monoisotopic (exact) mass is 331 g/mol. The van der Waals surface area contributed by atoms with Crippen molar-refractivity contribution in [1.29, 1.82) is 0 Å². The number of rotatable bonds is 4. The number of nitrogen functional groups attached to an aromatic ring is 1. The van der Waals surface area contributed by atoms with Crippen molar-refractivity contribution in [2.75, 3.05) is 5.73 Å². The Morgan fingerprint density at radius 2 is 1.12 bits per heavy atom. The van der Waals surface area contributed by atoms with E-state index >= 15 is 0 Å². The molecule has 0 saturated heterocycles. The van der Waals surface area contributed by atoms with Gasteiger partial charge in [-0.05, 0) is 50.1 Å². The summed E-state index contributed by atoms with van der Waals surface area (Å²) < 4.78 is 0. The van der Waals surface area contributed by atoms with Crippen LogP contribution in [0, 0.1) is 13.8 Å². The summed E-state index contributed by atoms with van der Waals surface area (Å²) >= 11 is 0. The molecule has 0 radical (unpaired) electrons. The molecule has 3 aromatic carbocycles. The lowest BCUT2D eigenvalue weighted by Gasteiger charge is -2.15. The third-order valence-electron chi connectivity index (χ3n) is 3.98. The molecule has 0 bridgehead atoms. The van der Waals surface area contributed by atoms with Gasteiger partial charge in [0.05, 0.1) is 0 Å². The Hall–Kier alpha value is -2.37. The van der Waals surface area contributed by atoms with E-state index in [0.29, 0.717) is 0 Å². The third-order valence-corrected chi connectivity index (χ3v) is 6.13. The fraction of sp³-hybridized carbons (Fsp3) is 0.0909. The van der Waals surface area contributed by atoms with Crippen molar-refractivity contribution < 1.29 is 0 Å². The molecule has 0 aliphatic rings. The summed E-state index contributed by atoms with van der Waals surface area (Å²) in [5, 5.41) is 2.73. The van der Waals surface area contributed by atoms with Crippen molar-refractivity contribution in [1.82, 2.24) is 0 Å². The maximum atomic E-state index is 5.77. The second kappa shape index (κ2) is 7.47. The predicted octanol–water partition coefficient (Wildman–Crippen LogP) is 4.99. The normalized spacial score (nSPS) is 11.3. The molecule has 1 nitrogen and oxygen atoms in total. The molecule has 0 saturated carbocycles. The van der Waals surface area contributed by atoms with E-state index in [2.05, 4.69) is 86.4 Å². The Morgan fingerprint density at radius 3 is 1.58 bits per heavy atom. The summed E-state index contributed by atoms with van der Waals surface area (Å²) in [5.74, 6) is 2.33. The molecule has 0 amide bonds. The number of nitrogens with two attached hydrogens (primary N) is 1. The average Bonchev–Trinajstić information content (AvgIpc) is 2.59. The number of hydrogen-bond acceptors (Lipinski definition) is 1. The minimum Gasteiger partial charge on any atom is -0.399 e. The van der Waals surface area contributed by atoms with E-state index in [1.807, 2.05) is 12.1 Å². The van der Waals surface area contributed by atoms with Crippen LogP contribution in [0.1, 0.15) is 16.7 Å². The molecular weight excluding hydrogens is 309 g/mol. The van der Waals surface area contributed by atoms with E-state index in [9.17, 15) is 0 Å². The molecule has 0 fully saturated rings. The standard InChI is InChI=1S/C22H22NP/c1-17-3-11-21(12-4-17)24(22-13-5-18(2)6-14-22)16-15-19-7-9-20(23)10-8-19/h3-16H,23H2,1-2H3/b16-15-. The molecule has 3 rings (SSSR count). The van der Waals surface area contributed by atoms with Crippen molar-refractivity contribution in [3.05, 3.63) is 95.3 Å². The van der Waals surface area contributed by atoms with E-state index in [1.165, 1.54) is 27.3 Å². The zero-order valence-corrected chi connectivity index (χ0v) is 15.0. The molecule has 120 valence electrons. The van der Waals surface area contributed by atoms with Crippen LogP contribution in [0.5, 0.6) is 0 Å². The van der Waals surface area contributed by atoms with Gasteiger partial charge >= 0.3 is 0 Å². The van der Waals surface area contributed by atoms with Gasteiger partial charge in [-0.2, -0.15) is 0 Å². The van der Waals surface area contributed by atoms with E-state index in [-0.39, 0.29) is 0 Å². The first-order chi connectivity index (χ1) is 11.6. The second-order valence-corrected chi connectivity index (χ2v) is 8.09. The molecular formula is C22H22NP. The molecule has 2 heteroatoms. The Bertz CT molecular complexity index is 770. The van der Waals surface area contributed by atoms with Crippen LogP contribution >= 0.6 is 7.92 Å². The maximum Gasteiger partial charge on any atom is 0.0314 e. The van der Waals surface area contributed by atoms with Crippen molar-refractivity contribution in [2.24, 2.45) is 0 Å². The summed E-state index contributed by atoms with van der Waals surface area (Å²) in [6, 6.07) is 25.7. The van der Waals surface area contributed by atoms with E-state index in [1.54, 1.807) is 0 Å².